The maximum absolute atomic E-state index is 11.0. The Labute approximate surface area is 91.6 Å². The third-order valence-corrected chi connectivity index (χ3v) is 3.85. The number of benzene rings is 2. The Hall–Kier alpha value is -0.870. The zero-order valence-electron chi connectivity index (χ0n) is 7.11. The zero-order valence-corrected chi connectivity index (χ0v) is 9.59. The minimum absolute atomic E-state index is 0.359. The van der Waals surface area contributed by atoms with Crippen LogP contribution >= 0.6 is 15.9 Å². The van der Waals surface area contributed by atoms with Gasteiger partial charge in [-0.25, -0.2) is 8.42 Å². The maximum Gasteiger partial charge on any atom is 0.170 e. The summed E-state index contributed by atoms with van der Waals surface area (Å²) in [6, 6.07) is 11.1. The Morgan fingerprint density at radius 1 is 1.00 bits per heavy atom. The molecule has 2 nitrogen and oxygen atoms in total. The Morgan fingerprint density at radius 3 is 2.43 bits per heavy atom. The fourth-order valence-corrected chi connectivity index (χ4v) is 2.84. The summed E-state index contributed by atoms with van der Waals surface area (Å²) >= 11 is 3.23. The Bertz CT molecular complexity index is 553. The van der Waals surface area contributed by atoms with Gasteiger partial charge in [-0.05, 0) is 27.4 Å². The number of halogens is 1. The molecule has 0 atom stereocenters. The highest BCUT2D eigenvalue weighted by Gasteiger charge is 2.06. The van der Waals surface area contributed by atoms with Crippen LogP contribution in [0.3, 0.4) is 0 Å². The Balaban J connectivity index is 2.97. The topological polar surface area (TPSA) is 34.1 Å². The summed E-state index contributed by atoms with van der Waals surface area (Å²) in [7, 11) is -2.56. The predicted molar refractivity (Wildman–Crippen MR) is 60.2 cm³/mol. The van der Waals surface area contributed by atoms with Crippen LogP contribution in [0.2, 0.25) is 0 Å². The van der Waals surface area contributed by atoms with Gasteiger partial charge in [-0.2, -0.15) is 0 Å². The van der Waals surface area contributed by atoms with E-state index >= 15 is 0 Å². The van der Waals surface area contributed by atoms with Crippen molar-refractivity contribution in [3.63, 3.8) is 0 Å². The van der Waals surface area contributed by atoms with Crippen molar-refractivity contribution >= 4 is 37.4 Å². The van der Waals surface area contributed by atoms with Crippen LogP contribution in [0.4, 0.5) is 0 Å². The van der Waals surface area contributed by atoms with Crippen LogP contribution < -0.4 is 0 Å². The molecule has 0 aliphatic carbocycles. The van der Waals surface area contributed by atoms with E-state index in [0.29, 0.717) is 9.37 Å². The van der Waals surface area contributed by atoms with E-state index in [-0.39, 0.29) is 0 Å². The van der Waals surface area contributed by atoms with E-state index in [4.69, 9.17) is 0 Å². The molecule has 2 aromatic carbocycles. The van der Waals surface area contributed by atoms with Crippen molar-refractivity contribution in [1.82, 2.24) is 0 Å². The molecule has 4 heteroatoms. The molecule has 2 rings (SSSR count). The highest BCUT2D eigenvalue weighted by Crippen LogP contribution is 2.27. The third kappa shape index (κ3) is 1.55. The summed E-state index contributed by atoms with van der Waals surface area (Å²) in [5.41, 5.74) is 0. The van der Waals surface area contributed by atoms with Crippen LogP contribution in [0, 0.1) is 0 Å². The molecule has 2 aromatic rings. The van der Waals surface area contributed by atoms with E-state index in [1.165, 1.54) is 0 Å². The number of rotatable bonds is 1. The minimum atomic E-state index is -2.56. The van der Waals surface area contributed by atoms with Gasteiger partial charge in [-0.3, -0.25) is 0 Å². The van der Waals surface area contributed by atoms with E-state index in [2.05, 4.69) is 15.9 Å². The van der Waals surface area contributed by atoms with Gasteiger partial charge in [0, 0.05) is 9.86 Å². The first-order valence-corrected chi connectivity index (χ1v) is 5.99. The van der Waals surface area contributed by atoms with Crippen molar-refractivity contribution in [1.29, 1.82) is 0 Å². The minimum Gasteiger partial charge on any atom is -0.227 e. The van der Waals surface area contributed by atoms with Gasteiger partial charge in [0.25, 0.3) is 0 Å². The molecule has 0 bridgehead atoms. The lowest BCUT2D eigenvalue weighted by atomic mass is 10.1. The maximum atomic E-state index is 11.0. The molecule has 0 radical (unpaired) electrons. The van der Waals surface area contributed by atoms with Crippen LogP contribution in [0.25, 0.3) is 10.8 Å². The first kappa shape index (κ1) is 9.68. The van der Waals surface area contributed by atoms with Crippen LogP contribution in [0.1, 0.15) is 0 Å². The van der Waals surface area contributed by atoms with Gasteiger partial charge < -0.3 is 0 Å². The van der Waals surface area contributed by atoms with Crippen molar-refractivity contribution in [2.75, 3.05) is 0 Å². The number of hydrogen-bond acceptors (Lipinski definition) is 2. The smallest absolute Gasteiger partial charge is 0.170 e. The summed E-state index contributed by atoms with van der Waals surface area (Å²) in [5.74, 6) is 0. The molecule has 72 valence electrons. The molecular weight excluding hydrogens is 264 g/mol. The molecule has 0 aromatic heterocycles. The van der Waals surface area contributed by atoms with Gasteiger partial charge >= 0.3 is 0 Å². The largest absolute Gasteiger partial charge is 0.227 e. The standard InChI is InChI=1S/C10H7BrO2S/c11-9-6-5-7-3-1-2-4-8(7)10(9)14(12)13/h1-6,14H. The molecule has 14 heavy (non-hydrogen) atoms. The van der Waals surface area contributed by atoms with Crippen LogP contribution in [0.5, 0.6) is 0 Å². The fourth-order valence-electron chi connectivity index (χ4n) is 1.41. The molecule has 0 saturated carbocycles. The van der Waals surface area contributed by atoms with Crippen molar-refractivity contribution in [3.05, 3.63) is 40.9 Å². The average Bonchev–Trinajstić information content (AvgIpc) is 2.17. The van der Waals surface area contributed by atoms with Crippen LogP contribution in [-0.4, -0.2) is 8.42 Å². The van der Waals surface area contributed by atoms with Gasteiger partial charge in [0.15, 0.2) is 10.7 Å². The van der Waals surface area contributed by atoms with Crippen molar-refractivity contribution in [2.24, 2.45) is 0 Å². The predicted octanol–water partition coefficient (Wildman–Crippen LogP) is 2.57. The summed E-state index contributed by atoms with van der Waals surface area (Å²) < 4.78 is 22.7. The summed E-state index contributed by atoms with van der Waals surface area (Å²) in [5, 5.41) is 1.70. The van der Waals surface area contributed by atoms with Crippen molar-refractivity contribution < 1.29 is 8.42 Å². The second-order valence-electron chi connectivity index (χ2n) is 2.87. The van der Waals surface area contributed by atoms with Gasteiger partial charge in [-0.1, -0.05) is 30.3 Å². The van der Waals surface area contributed by atoms with E-state index in [0.717, 1.165) is 10.8 Å². The van der Waals surface area contributed by atoms with E-state index in [1.807, 2.05) is 24.3 Å². The van der Waals surface area contributed by atoms with Gasteiger partial charge in [0.2, 0.25) is 0 Å². The highest BCUT2D eigenvalue weighted by atomic mass is 79.9. The van der Waals surface area contributed by atoms with Crippen LogP contribution in [0.15, 0.2) is 45.8 Å². The Kier molecular flexibility index (Phi) is 2.56. The molecule has 0 aliphatic heterocycles. The quantitative estimate of drug-likeness (QED) is 0.809. The second-order valence-corrected chi connectivity index (χ2v) is 4.69. The molecule has 0 aliphatic rings. The van der Waals surface area contributed by atoms with Gasteiger partial charge in [0.05, 0.1) is 4.90 Å². The SMILES string of the molecule is O=[SH](=O)c1c(Br)ccc2ccccc12. The molecular formula is C10H7BrO2S. The van der Waals surface area contributed by atoms with Gasteiger partial charge in [-0.15, -0.1) is 0 Å². The molecule has 0 unspecified atom stereocenters. The van der Waals surface area contributed by atoms with Gasteiger partial charge in [0.1, 0.15) is 0 Å². The van der Waals surface area contributed by atoms with Crippen molar-refractivity contribution in [2.45, 2.75) is 4.90 Å². The Morgan fingerprint density at radius 2 is 1.71 bits per heavy atom. The number of fused-ring (bicyclic) bond motifs is 1. The monoisotopic (exact) mass is 270 g/mol. The molecule has 0 amide bonds. The molecule has 0 spiro atoms. The van der Waals surface area contributed by atoms with E-state index in [9.17, 15) is 8.42 Å². The molecule has 0 heterocycles. The first-order valence-electron chi connectivity index (χ1n) is 4.02. The normalized spacial score (nSPS) is 11.0. The van der Waals surface area contributed by atoms with Crippen LogP contribution in [-0.2, 0) is 10.7 Å². The van der Waals surface area contributed by atoms with E-state index in [1.54, 1.807) is 12.1 Å². The molecule has 0 N–H and O–H groups in total. The lowest BCUT2D eigenvalue weighted by Crippen LogP contribution is -1.85. The first-order chi connectivity index (χ1) is 6.70. The number of thiol groups is 1. The highest BCUT2D eigenvalue weighted by molar-refractivity contribution is 9.10. The summed E-state index contributed by atoms with van der Waals surface area (Å²) in [6.45, 7) is 0. The van der Waals surface area contributed by atoms with E-state index < -0.39 is 10.7 Å². The lowest BCUT2D eigenvalue weighted by Gasteiger charge is -2.02. The summed E-state index contributed by atoms with van der Waals surface area (Å²) in [6.07, 6.45) is 0. The zero-order chi connectivity index (χ0) is 10.1. The molecule has 0 saturated heterocycles. The lowest BCUT2D eigenvalue weighted by molar-refractivity contribution is 0.615. The average molecular weight is 271 g/mol. The number of hydrogen-bond donors (Lipinski definition) is 1. The molecule has 0 fully saturated rings. The van der Waals surface area contributed by atoms with Crippen molar-refractivity contribution in [3.8, 4) is 0 Å². The third-order valence-electron chi connectivity index (χ3n) is 2.03. The fraction of sp³-hybridized carbons (Fsp3) is 0. The second kappa shape index (κ2) is 3.71. The summed E-state index contributed by atoms with van der Waals surface area (Å²) in [4.78, 5) is 0.359.